The largest absolute Gasteiger partial charge is 0.368 e. The number of carbonyl (C=O) groups excluding carboxylic acids is 2. The van der Waals surface area contributed by atoms with E-state index in [9.17, 15) is 9.59 Å². The smallest absolute Gasteiger partial charge is 0.255 e. The summed E-state index contributed by atoms with van der Waals surface area (Å²) in [6.45, 7) is 8.18. The summed E-state index contributed by atoms with van der Waals surface area (Å²) in [4.78, 5) is 23.9. The van der Waals surface area contributed by atoms with E-state index in [4.69, 9.17) is 5.73 Å². The molecule has 6 heteroatoms. The molecule has 0 saturated carbocycles. The van der Waals surface area contributed by atoms with Crippen LogP contribution in [0.2, 0.25) is 0 Å². The zero-order valence-electron chi connectivity index (χ0n) is 11.9. The van der Waals surface area contributed by atoms with Crippen LogP contribution in [-0.2, 0) is 11.3 Å². The maximum absolute atomic E-state index is 12.2. The van der Waals surface area contributed by atoms with E-state index >= 15 is 0 Å². The molecule has 3 N–H and O–H groups in total. The number of aromatic nitrogens is 2. The average Bonchev–Trinajstić information content (AvgIpc) is 2.83. The molecule has 0 aliphatic rings. The van der Waals surface area contributed by atoms with Crippen molar-refractivity contribution < 1.29 is 9.59 Å². The highest BCUT2D eigenvalue weighted by atomic mass is 16.2. The summed E-state index contributed by atoms with van der Waals surface area (Å²) in [5.41, 5.74) is 4.88. The van der Waals surface area contributed by atoms with E-state index in [1.54, 1.807) is 10.9 Å². The first-order valence-electron chi connectivity index (χ1n) is 6.52. The van der Waals surface area contributed by atoms with Crippen LogP contribution in [0.1, 0.15) is 44.5 Å². The van der Waals surface area contributed by atoms with Gasteiger partial charge in [0.15, 0.2) is 0 Å². The maximum Gasteiger partial charge on any atom is 0.255 e. The molecular formula is C13H22N4O2. The van der Waals surface area contributed by atoms with E-state index in [0.29, 0.717) is 18.5 Å². The van der Waals surface area contributed by atoms with Gasteiger partial charge in [-0.05, 0) is 19.3 Å². The Morgan fingerprint density at radius 2 is 2.11 bits per heavy atom. The van der Waals surface area contributed by atoms with Gasteiger partial charge in [0.25, 0.3) is 5.91 Å². The predicted molar refractivity (Wildman–Crippen MR) is 72.4 cm³/mol. The minimum absolute atomic E-state index is 0.0832. The number of primary amides is 1. The van der Waals surface area contributed by atoms with Crippen LogP contribution in [-0.4, -0.2) is 27.1 Å². The molecule has 0 bridgehead atoms. The molecule has 1 rings (SSSR count). The fraction of sp³-hybridized carbons (Fsp3) is 0.615. The molecule has 19 heavy (non-hydrogen) atoms. The van der Waals surface area contributed by atoms with Gasteiger partial charge in [-0.2, -0.15) is 5.10 Å². The van der Waals surface area contributed by atoms with Crippen LogP contribution in [0.3, 0.4) is 0 Å². The Bertz CT molecular complexity index is 467. The second-order valence-corrected chi connectivity index (χ2v) is 4.88. The molecule has 0 radical (unpaired) electrons. The van der Waals surface area contributed by atoms with Crippen molar-refractivity contribution >= 4 is 11.8 Å². The number of hydrogen-bond acceptors (Lipinski definition) is 3. The molecule has 0 unspecified atom stereocenters. The van der Waals surface area contributed by atoms with Gasteiger partial charge in [0, 0.05) is 12.7 Å². The average molecular weight is 266 g/mol. The quantitative estimate of drug-likeness (QED) is 0.802. The summed E-state index contributed by atoms with van der Waals surface area (Å²) in [7, 11) is 0. The molecule has 1 aromatic heterocycles. The van der Waals surface area contributed by atoms with Crippen molar-refractivity contribution in [2.24, 2.45) is 11.7 Å². The molecular weight excluding hydrogens is 244 g/mol. The molecule has 0 saturated heterocycles. The number of amides is 2. The van der Waals surface area contributed by atoms with Crippen molar-refractivity contribution in [1.82, 2.24) is 15.1 Å². The van der Waals surface area contributed by atoms with Gasteiger partial charge < -0.3 is 11.1 Å². The van der Waals surface area contributed by atoms with Crippen LogP contribution < -0.4 is 11.1 Å². The molecule has 2 amide bonds. The van der Waals surface area contributed by atoms with Crippen LogP contribution in [0.4, 0.5) is 0 Å². The van der Waals surface area contributed by atoms with Gasteiger partial charge in [-0.15, -0.1) is 0 Å². The molecule has 0 fully saturated rings. The third-order valence-corrected chi connectivity index (χ3v) is 3.54. The minimum atomic E-state index is -1.02. The van der Waals surface area contributed by atoms with Gasteiger partial charge in [-0.25, -0.2) is 0 Å². The Balaban J connectivity index is 2.97. The van der Waals surface area contributed by atoms with Crippen LogP contribution >= 0.6 is 0 Å². The van der Waals surface area contributed by atoms with Crippen LogP contribution in [0.5, 0.6) is 0 Å². The molecule has 1 atom stereocenters. The summed E-state index contributed by atoms with van der Waals surface area (Å²) >= 11 is 0. The Hall–Kier alpha value is -1.85. The molecule has 106 valence electrons. The van der Waals surface area contributed by atoms with Crippen LogP contribution in [0, 0.1) is 5.92 Å². The second-order valence-electron chi connectivity index (χ2n) is 4.88. The highest BCUT2D eigenvalue weighted by Crippen LogP contribution is 2.21. The molecule has 0 aliphatic carbocycles. The van der Waals surface area contributed by atoms with Gasteiger partial charge in [0.2, 0.25) is 5.91 Å². The van der Waals surface area contributed by atoms with E-state index in [2.05, 4.69) is 10.4 Å². The number of aryl methyl sites for hydroxylation is 1. The Morgan fingerprint density at radius 1 is 1.47 bits per heavy atom. The lowest BCUT2D eigenvalue weighted by Gasteiger charge is -2.34. The van der Waals surface area contributed by atoms with E-state index in [1.807, 2.05) is 27.7 Å². The number of carbonyl (C=O) groups is 2. The molecule has 1 heterocycles. The molecule has 1 aromatic rings. The van der Waals surface area contributed by atoms with E-state index in [1.165, 1.54) is 6.20 Å². The van der Waals surface area contributed by atoms with E-state index < -0.39 is 11.4 Å². The Labute approximate surface area is 113 Å². The van der Waals surface area contributed by atoms with E-state index in [-0.39, 0.29) is 11.8 Å². The number of nitrogens with zero attached hydrogens (tertiary/aromatic N) is 2. The monoisotopic (exact) mass is 266 g/mol. The predicted octanol–water partition coefficient (Wildman–Crippen LogP) is 0.923. The minimum Gasteiger partial charge on any atom is -0.368 e. The maximum atomic E-state index is 12.2. The number of hydrogen-bond donors (Lipinski definition) is 2. The normalized spacial score (nSPS) is 14.2. The fourth-order valence-electron chi connectivity index (χ4n) is 2.09. The second kappa shape index (κ2) is 5.86. The van der Waals surface area contributed by atoms with Crippen molar-refractivity contribution in [3.8, 4) is 0 Å². The molecule has 0 aliphatic heterocycles. The van der Waals surface area contributed by atoms with Gasteiger partial charge in [-0.3, -0.25) is 14.3 Å². The van der Waals surface area contributed by atoms with Crippen LogP contribution in [0.25, 0.3) is 0 Å². The van der Waals surface area contributed by atoms with Crippen molar-refractivity contribution in [1.29, 1.82) is 0 Å². The fourth-order valence-corrected chi connectivity index (χ4v) is 2.09. The van der Waals surface area contributed by atoms with E-state index in [0.717, 1.165) is 0 Å². The molecule has 6 nitrogen and oxygen atoms in total. The lowest BCUT2D eigenvalue weighted by molar-refractivity contribution is -0.126. The Kier molecular flexibility index (Phi) is 4.69. The SMILES string of the molecule is CCn1cc(C(=O)N[C@](CC)(C(N)=O)C(C)C)cn1. The van der Waals surface area contributed by atoms with Gasteiger partial charge >= 0.3 is 0 Å². The summed E-state index contributed by atoms with van der Waals surface area (Å²) in [6, 6.07) is 0. The van der Waals surface area contributed by atoms with Gasteiger partial charge in [0.05, 0.1) is 11.8 Å². The zero-order chi connectivity index (χ0) is 14.6. The lowest BCUT2D eigenvalue weighted by Crippen LogP contribution is -2.60. The standard InChI is InChI=1S/C13H22N4O2/c1-5-13(9(3)4,12(14)19)16-11(18)10-7-15-17(6-2)8-10/h7-9H,5-6H2,1-4H3,(H2,14,19)(H,16,18)/t13-/m0/s1. The summed E-state index contributed by atoms with van der Waals surface area (Å²) in [5.74, 6) is -0.921. The third kappa shape index (κ3) is 2.94. The Morgan fingerprint density at radius 3 is 2.47 bits per heavy atom. The van der Waals surface area contributed by atoms with Crippen LogP contribution in [0.15, 0.2) is 12.4 Å². The van der Waals surface area contributed by atoms with Crippen molar-refractivity contribution in [2.45, 2.75) is 46.2 Å². The lowest BCUT2D eigenvalue weighted by atomic mass is 9.83. The zero-order valence-corrected chi connectivity index (χ0v) is 11.9. The first-order valence-corrected chi connectivity index (χ1v) is 6.52. The number of nitrogens with two attached hydrogens (primary N) is 1. The summed E-state index contributed by atoms with van der Waals surface area (Å²) in [5, 5.41) is 6.81. The van der Waals surface area contributed by atoms with Gasteiger partial charge in [-0.1, -0.05) is 20.8 Å². The first-order chi connectivity index (χ1) is 8.87. The molecule has 0 aromatic carbocycles. The van der Waals surface area contributed by atoms with Crippen molar-refractivity contribution in [3.63, 3.8) is 0 Å². The first kappa shape index (κ1) is 15.2. The molecule has 0 spiro atoms. The number of nitrogens with one attached hydrogen (secondary N) is 1. The highest BCUT2D eigenvalue weighted by molar-refractivity contribution is 5.98. The summed E-state index contributed by atoms with van der Waals surface area (Å²) in [6.07, 6.45) is 3.59. The van der Waals surface area contributed by atoms with Crippen molar-refractivity contribution in [3.05, 3.63) is 18.0 Å². The number of rotatable bonds is 6. The highest BCUT2D eigenvalue weighted by Gasteiger charge is 2.39. The van der Waals surface area contributed by atoms with Gasteiger partial charge in [0.1, 0.15) is 5.54 Å². The van der Waals surface area contributed by atoms with Crippen molar-refractivity contribution in [2.75, 3.05) is 0 Å². The summed E-state index contributed by atoms with van der Waals surface area (Å²) < 4.78 is 1.65. The topological polar surface area (TPSA) is 90.0 Å². The third-order valence-electron chi connectivity index (χ3n) is 3.54.